The summed E-state index contributed by atoms with van der Waals surface area (Å²) in [6, 6.07) is 0. The van der Waals surface area contributed by atoms with Crippen molar-refractivity contribution in [3.05, 3.63) is 0 Å². The Morgan fingerprint density at radius 1 is 1.11 bits per heavy atom. The smallest absolute Gasteiger partial charge is 0.140 e. The van der Waals surface area contributed by atoms with Gasteiger partial charge in [-0.2, -0.15) is 0 Å². The van der Waals surface area contributed by atoms with Crippen LogP contribution in [-0.4, -0.2) is 5.78 Å². The fraction of sp³-hybridized carbons (Fsp3) is 0.875. The van der Waals surface area contributed by atoms with E-state index >= 15 is 0 Å². The third kappa shape index (κ3) is 0.174. The van der Waals surface area contributed by atoms with Gasteiger partial charge in [0.15, 0.2) is 0 Å². The van der Waals surface area contributed by atoms with Crippen molar-refractivity contribution in [3.8, 4) is 0 Å². The lowest BCUT2D eigenvalue weighted by Crippen LogP contribution is -2.38. The molecule has 0 radical (unpaired) electrons. The number of Topliss-reactive ketones (excluding diaryl/α,β-unsaturated/α-hetero) is 1. The monoisotopic (exact) mass is 120 g/mol. The molecule has 0 aliphatic heterocycles. The summed E-state index contributed by atoms with van der Waals surface area (Å²) in [5.74, 6) is 5.64. The van der Waals surface area contributed by atoms with E-state index in [0.29, 0.717) is 17.6 Å². The first-order valence-electron chi connectivity index (χ1n) is 3.93. The molecule has 9 heavy (non-hydrogen) atoms. The Morgan fingerprint density at radius 3 is 2.11 bits per heavy atom. The predicted octanol–water partition coefficient (Wildman–Crippen LogP) is 0.697. The van der Waals surface area contributed by atoms with Crippen LogP contribution < -0.4 is 0 Å². The van der Waals surface area contributed by atoms with Crippen molar-refractivity contribution in [2.75, 3.05) is 0 Å². The zero-order chi connectivity index (χ0) is 5.75. The molecular formula is C8H8O. The Kier molecular flexibility index (Phi) is 0.302. The summed E-state index contributed by atoms with van der Waals surface area (Å²) in [5.41, 5.74) is 0. The summed E-state index contributed by atoms with van der Waals surface area (Å²) < 4.78 is 0. The largest absolute Gasteiger partial charge is 0.299 e. The number of hydrogen-bond donors (Lipinski definition) is 0. The van der Waals surface area contributed by atoms with E-state index in [4.69, 9.17) is 0 Å². The fourth-order valence-electron chi connectivity index (χ4n) is 4.06. The average Bonchev–Trinajstić information content (AvgIpc) is 2.39. The number of carbonyl (C=O) groups excluding carboxylic acids is 1. The van der Waals surface area contributed by atoms with Crippen molar-refractivity contribution >= 4 is 5.78 Å². The molecule has 5 rings (SSSR count). The van der Waals surface area contributed by atoms with Gasteiger partial charge in [-0.3, -0.25) is 4.79 Å². The first-order valence-corrected chi connectivity index (χ1v) is 3.93. The topological polar surface area (TPSA) is 17.1 Å². The molecule has 6 atom stereocenters. The number of rotatable bonds is 0. The Balaban J connectivity index is 2.06. The molecule has 5 fully saturated rings. The fourth-order valence-corrected chi connectivity index (χ4v) is 4.06. The van der Waals surface area contributed by atoms with Crippen molar-refractivity contribution in [2.24, 2.45) is 35.5 Å². The van der Waals surface area contributed by atoms with Gasteiger partial charge in [0.2, 0.25) is 0 Å². The Labute approximate surface area is 53.4 Å². The molecule has 46 valence electrons. The van der Waals surface area contributed by atoms with Gasteiger partial charge in [0.25, 0.3) is 0 Å². The highest BCUT2D eigenvalue weighted by atomic mass is 16.1. The van der Waals surface area contributed by atoms with Gasteiger partial charge in [0, 0.05) is 11.8 Å². The molecule has 0 aromatic carbocycles. The minimum atomic E-state index is 0.602. The highest BCUT2D eigenvalue weighted by Crippen LogP contribution is 2.82. The maximum Gasteiger partial charge on any atom is 0.140 e. The van der Waals surface area contributed by atoms with Gasteiger partial charge in [-0.1, -0.05) is 0 Å². The molecule has 0 heterocycles. The minimum Gasteiger partial charge on any atom is -0.299 e. The van der Waals surface area contributed by atoms with Crippen LogP contribution in [-0.2, 0) is 4.79 Å². The van der Waals surface area contributed by atoms with Crippen LogP contribution in [0.5, 0.6) is 0 Å². The van der Waals surface area contributed by atoms with E-state index in [1.807, 2.05) is 0 Å². The van der Waals surface area contributed by atoms with Crippen LogP contribution in [0, 0.1) is 35.5 Å². The lowest BCUT2D eigenvalue weighted by Gasteiger charge is -2.29. The molecule has 5 saturated carbocycles. The van der Waals surface area contributed by atoms with Crippen molar-refractivity contribution in [2.45, 2.75) is 6.42 Å². The first-order chi connectivity index (χ1) is 4.39. The van der Waals surface area contributed by atoms with Gasteiger partial charge in [-0.25, -0.2) is 0 Å². The van der Waals surface area contributed by atoms with Crippen LogP contribution in [0.2, 0.25) is 0 Å². The van der Waals surface area contributed by atoms with E-state index in [9.17, 15) is 4.79 Å². The second-order valence-corrected chi connectivity index (χ2v) is 4.17. The van der Waals surface area contributed by atoms with E-state index in [2.05, 4.69) is 0 Å². The lowest BCUT2D eigenvalue weighted by atomic mass is 9.72. The van der Waals surface area contributed by atoms with Crippen molar-refractivity contribution in [1.29, 1.82) is 0 Å². The van der Waals surface area contributed by atoms with Gasteiger partial charge in [0.05, 0.1) is 0 Å². The third-order valence-corrected chi connectivity index (χ3v) is 4.25. The summed E-state index contributed by atoms with van der Waals surface area (Å²) in [5, 5.41) is 0. The van der Waals surface area contributed by atoms with Gasteiger partial charge < -0.3 is 0 Å². The zero-order valence-electron chi connectivity index (χ0n) is 5.08. The lowest BCUT2D eigenvalue weighted by molar-refractivity contribution is -0.136. The van der Waals surface area contributed by atoms with Gasteiger partial charge >= 0.3 is 0 Å². The van der Waals surface area contributed by atoms with Crippen LogP contribution in [0.25, 0.3) is 0 Å². The van der Waals surface area contributed by atoms with Crippen molar-refractivity contribution in [1.82, 2.24) is 0 Å². The van der Waals surface area contributed by atoms with Crippen molar-refractivity contribution in [3.63, 3.8) is 0 Å². The van der Waals surface area contributed by atoms with Crippen LogP contribution in [0.4, 0.5) is 0 Å². The predicted molar refractivity (Wildman–Crippen MR) is 30.6 cm³/mol. The third-order valence-electron chi connectivity index (χ3n) is 4.25. The second kappa shape index (κ2) is 0.727. The van der Waals surface area contributed by atoms with E-state index in [1.165, 1.54) is 6.42 Å². The molecule has 0 aromatic rings. The van der Waals surface area contributed by atoms with Gasteiger partial charge in [-0.15, -0.1) is 0 Å². The molecule has 1 nitrogen and oxygen atoms in total. The summed E-state index contributed by atoms with van der Waals surface area (Å²) in [7, 11) is 0. The van der Waals surface area contributed by atoms with E-state index < -0.39 is 0 Å². The molecule has 0 amide bonds. The minimum absolute atomic E-state index is 0.602. The summed E-state index contributed by atoms with van der Waals surface area (Å²) in [6.07, 6.45) is 1.43. The molecule has 1 heteroatoms. The second-order valence-electron chi connectivity index (χ2n) is 4.17. The maximum absolute atomic E-state index is 11.1. The average molecular weight is 120 g/mol. The van der Waals surface area contributed by atoms with Crippen molar-refractivity contribution < 1.29 is 4.79 Å². The van der Waals surface area contributed by atoms with Gasteiger partial charge in [-0.05, 0) is 30.1 Å². The maximum atomic E-state index is 11.1. The molecule has 6 bridgehead atoms. The molecule has 0 N–H and O–H groups in total. The number of ketones is 1. The molecule has 5 aliphatic rings. The van der Waals surface area contributed by atoms with Crippen LogP contribution in [0.15, 0.2) is 0 Å². The normalized spacial score (nSPS) is 78.9. The first kappa shape index (κ1) is 3.75. The Morgan fingerprint density at radius 2 is 1.78 bits per heavy atom. The molecule has 5 aliphatic carbocycles. The highest BCUT2D eigenvalue weighted by Gasteiger charge is 2.83. The SMILES string of the molecule is O=C1[C@@H]2C3CC4[C@H]([C@H]42)[C@@H]13. The quantitative estimate of drug-likeness (QED) is 0.460. The molecule has 0 spiro atoms. The summed E-state index contributed by atoms with van der Waals surface area (Å²) in [4.78, 5) is 11.1. The number of hydrogen-bond acceptors (Lipinski definition) is 1. The van der Waals surface area contributed by atoms with Crippen LogP contribution in [0.1, 0.15) is 6.42 Å². The van der Waals surface area contributed by atoms with E-state index in [-0.39, 0.29) is 0 Å². The molecule has 0 aromatic heterocycles. The van der Waals surface area contributed by atoms with E-state index in [0.717, 1.165) is 23.7 Å². The van der Waals surface area contributed by atoms with Crippen LogP contribution >= 0.6 is 0 Å². The molecular weight excluding hydrogens is 112 g/mol. The summed E-state index contributed by atoms with van der Waals surface area (Å²) in [6.45, 7) is 0. The van der Waals surface area contributed by atoms with Crippen LogP contribution in [0.3, 0.4) is 0 Å². The number of carbonyl (C=O) groups is 1. The van der Waals surface area contributed by atoms with Gasteiger partial charge in [0.1, 0.15) is 5.78 Å². The zero-order valence-corrected chi connectivity index (χ0v) is 5.08. The highest BCUT2D eigenvalue weighted by molar-refractivity contribution is 5.96. The standard InChI is InChI=1S/C8H8O/c9-8-6-3-1-2-4(6)5(2)7(3)8/h2-7H,1H2/t2?,3?,4-,5+,6+,7-. The molecule has 0 saturated heterocycles. The summed E-state index contributed by atoms with van der Waals surface area (Å²) >= 11 is 0. The van der Waals surface area contributed by atoms with E-state index in [1.54, 1.807) is 0 Å². The Hall–Kier alpha value is -0.330. The Bertz CT molecular complexity index is 209. The molecule has 2 unspecified atom stereocenters.